The first-order valence-electron chi connectivity index (χ1n) is 9.04. The van der Waals surface area contributed by atoms with Gasteiger partial charge in [-0.2, -0.15) is 0 Å². The highest BCUT2D eigenvalue weighted by Gasteiger charge is 2.07. The van der Waals surface area contributed by atoms with E-state index in [1.165, 1.54) is 18.6 Å². The second-order valence-electron chi connectivity index (χ2n) is 6.58. The largest absolute Gasteiger partial charge is 0.508 e. The van der Waals surface area contributed by atoms with Crippen LogP contribution < -0.4 is 16.0 Å². The van der Waals surface area contributed by atoms with E-state index < -0.39 is 0 Å². The fraction of sp³-hybridized carbons (Fsp3) is 0.579. The number of carbonyl (C=O) groups is 1. The summed E-state index contributed by atoms with van der Waals surface area (Å²) in [6.07, 6.45) is 2.27. The molecule has 0 saturated carbocycles. The minimum Gasteiger partial charge on any atom is -0.508 e. The van der Waals surface area contributed by atoms with Crippen molar-refractivity contribution in [1.29, 1.82) is 0 Å². The zero-order valence-electron chi connectivity index (χ0n) is 15.8. The van der Waals surface area contributed by atoms with Gasteiger partial charge in [-0.25, -0.2) is 0 Å². The lowest BCUT2D eigenvalue weighted by molar-refractivity contribution is 0.0955. The number of hydrogen-bond acceptors (Lipinski definition) is 3. The molecule has 0 fully saturated rings. The minimum atomic E-state index is -0.168. The Balaban J connectivity index is 2.41. The van der Waals surface area contributed by atoms with Crippen molar-refractivity contribution in [1.82, 2.24) is 16.0 Å². The smallest absolute Gasteiger partial charge is 0.251 e. The summed E-state index contributed by atoms with van der Waals surface area (Å²) in [4.78, 5) is 16.5. The topological polar surface area (TPSA) is 85.8 Å². The first-order valence-corrected chi connectivity index (χ1v) is 9.04. The quantitative estimate of drug-likeness (QED) is 0.314. The predicted molar refractivity (Wildman–Crippen MR) is 103 cm³/mol. The number of nitrogens with zero attached hydrogens (tertiary/aromatic N) is 1. The van der Waals surface area contributed by atoms with E-state index in [9.17, 15) is 9.90 Å². The Hall–Kier alpha value is -2.24. The Kier molecular flexibility index (Phi) is 9.43. The van der Waals surface area contributed by atoms with Crippen molar-refractivity contribution in [3.8, 4) is 5.75 Å². The number of nitrogens with one attached hydrogen (secondary N) is 3. The Morgan fingerprint density at radius 1 is 1.12 bits per heavy atom. The van der Waals surface area contributed by atoms with Crippen molar-refractivity contribution in [3.05, 3.63) is 29.8 Å². The molecule has 1 rings (SSSR count). The monoisotopic (exact) mass is 348 g/mol. The van der Waals surface area contributed by atoms with Gasteiger partial charge in [-0.05, 0) is 56.9 Å². The summed E-state index contributed by atoms with van der Waals surface area (Å²) in [6, 6.07) is 6.54. The van der Waals surface area contributed by atoms with Crippen LogP contribution in [0, 0.1) is 5.92 Å². The Morgan fingerprint density at radius 3 is 2.40 bits per heavy atom. The van der Waals surface area contributed by atoms with Gasteiger partial charge in [0.1, 0.15) is 5.75 Å². The second-order valence-corrected chi connectivity index (χ2v) is 6.58. The summed E-state index contributed by atoms with van der Waals surface area (Å²) in [5, 5.41) is 18.7. The third-order valence-electron chi connectivity index (χ3n) is 3.70. The average Bonchev–Trinajstić information content (AvgIpc) is 2.57. The number of benzene rings is 1. The number of aliphatic imine (C=N–C) groups is 1. The van der Waals surface area contributed by atoms with Crippen molar-refractivity contribution >= 4 is 11.9 Å². The van der Waals surface area contributed by atoms with E-state index in [0.717, 1.165) is 18.9 Å². The van der Waals surface area contributed by atoms with E-state index in [1.54, 1.807) is 12.1 Å². The molecule has 0 aliphatic rings. The van der Waals surface area contributed by atoms with Gasteiger partial charge in [-0.1, -0.05) is 13.8 Å². The number of phenols is 1. The first-order chi connectivity index (χ1) is 11.9. The molecule has 0 saturated heterocycles. The van der Waals surface area contributed by atoms with Crippen LogP contribution in [0.2, 0.25) is 0 Å². The van der Waals surface area contributed by atoms with Crippen LogP contribution in [0.25, 0.3) is 0 Å². The van der Waals surface area contributed by atoms with E-state index in [-0.39, 0.29) is 11.7 Å². The summed E-state index contributed by atoms with van der Waals surface area (Å²) in [6.45, 7) is 10.4. The summed E-state index contributed by atoms with van der Waals surface area (Å²) in [7, 11) is 0. The van der Waals surface area contributed by atoms with Crippen LogP contribution >= 0.6 is 0 Å². The summed E-state index contributed by atoms with van der Waals surface area (Å²) >= 11 is 0. The molecular weight excluding hydrogens is 316 g/mol. The number of aromatic hydroxyl groups is 1. The molecule has 1 unspecified atom stereocenters. The molecule has 0 spiro atoms. The molecule has 6 heteroatoms. The first kappa shape index (κ1) is 20.8. The molecule has 1 aromatic rings. The van der Waals surface area contributed by atoms with Gasteiger partial charge in [-0.3, -0.25) is 9.79 Å². The minimum absolute atomic E-state index is 0.147. The van der Waals surface area contributed by atoms with Crippen LogP contribution in [0.5, 0.6) is 5.75 Å². The Labute approximate surface area is 151 Å². The van der Waals surface area contributed by atoms with Crippen LogP contribution in [0.15, 0.2) is 29.3 Å². The normalized spacial score (nSPS) is 12.8. The van der Waals surface area contributed by atoms with Gasteiger partial charge in [0, 0.05) is 24.7 Å². The van der Waals surface area contributed by atoms with Crippen LogP contribution in [0.4, 0.5) is 0 Å². The SMILES string of the molecule is CCNC(=NCCNC(=O)c1ccc(O)cc1)NC(C)CCC(C)C. The fourth-order valence-corrected chi connectivity index (χ4v) is 2.26. The molecule has 0 aromatic heterocycles. The number of amides is 1. The standard InChI is InChI=1S/C19H32N4O2/c1-5-20-19(23-15(4)7-6-14(2)3)22-13-12-21-18(25)16-8-10-17(24)11-9-16/h8-11,14-15,24H,5-7,12-13H2,1-4H3,(H,21,25)(H2,20,22,23). The maximum absolute atomic E-state index is 12.0. The highest BCUT2D eigenvalue weighted by molar-refractivity contribution is 5.94. The Bertz CT molecular complexity index is 541. The molecule has 1 atom stereocenters. The molecule has 1 aromatic carbocycles. The van der Waals surface area contributed by atoms with Crippen molar-refractivity contribution in [3.63, 3.8) is 0 Å². The predicted octanol–water partition coefficient (Wildman–Crippen LogP) is 2.50. The molecule has 0 aliphatic heterocycles. The molecule has 0 heterocycles. The number of hydrogen-bond donors (Lipinski definition) is 4. The second kappa shape index (κ2) is 11.3. The van der Waals surface area contributed by atoms with Gasteiger partial charge < -0.3 is 21.1 Å². The van der Waals surface area contributed by atoms with Gasteiger partial charge in [-0.15, -0.1) is 0 Å². The summed E-state index contributed by atoms with van der Waals surface area (Å²) < 4.78 is 0. The lowest BCUT2D eigenvalue weighted by Gasteiger charge is -2.18. The zero-order chi connectivity index (χ0) is 18.7. The maximum atomic E-state index is 12.0. The van der Waals surface area contributed by atoms with Crippen molar-refractivity contribution in [2.45, 2.75) is 46.6 Å². The van der Waals surface area contributed by atoms with E-state index in [0.29, 0.717) is 30.6 Å². The molecule has 0 radical (unpaired) electrons. The molecule has 4 N–H and O–H groups in total. The van der Waals surface area contributed by atoms with Crippen molar-refractivity contribution < 1.29 is 9.90 Å². The maximum Gasteiger partial charge on any atom is 0.251 e. The molecule has 0 bridgehead atoms. The average molecular weight is 348 g/mol. The van der Waals surface area contributed by atoms with Gasteiger partial charge in [0.05, 0.1) is 6.54 Å². The van der Waals surface area contributed by atoms with Gasteiger partial charge in [0.2, 0.25) is 0 Å². The van der Waals surface area contributed by atoms with Crippen LogP contribution in [-0.4, -0.2) is 42.6 Å². The van der Waals surface area contributed by atoms with Gasteiger partial charge >= 0.3 is 0 Å². The highest BCUT2D eigenvalue weighted by atomic mass is 16.3. The third-order valence-corrected chi connectivity index (χ3v) is 3.70. The summed E-state index contributed by atoms with van der Waals surface area (Å²) in [5.74, 6) is 1.45. The van der Waals surface area contributed by atoms with Crippen LogP contribution in [-0.2, 0) is 0 Å². The van der Waals surface area contributed by atoms with Gasteiger partial charge in [0.15, 0.2) is 5.96 Å². The van der Waals surface area contributed by atoms with Crippen molar-refractivity contribution in [2.24, 2.45) is 10.9 Å². The molecule has 25 heavy (non-hydrogen) atoms. The van der Waals surface area contributed by atoms with E-state index >= 15 is 0 Å². The highest BCUT2D eigenvalue weighted by Crippen LogP contribution is 2.09. The van der Waals surface area contributed by atoms with Gasteiger partial charge in [0.25, 0.3) is 5.91 Å². The molecule has 140 valence electrons. The number of phenolic OH excluding ortho intramolecular Hbond substituents is 1. The molecular formula is C19H32N4O2. The lowest BCUT2D eigenvalue weighted by Crippen LogP contribution is -2.42. The number of guanidine groups is 1. The van der Waals surface area contributed by atoms with Crippen LogP contribution in [0.3, 0.4) is 0 Å². The molecule has 6 nitrogen and oxygen atoms in total. The number of carbonyl (C=O) groups excluding carboxylic acids is 1. The molecule has 1 amide bonds. The van der Waals surface area contributed by atoms with Crippen LogP contribution in [0.1, 0.15) is 50.9 Å². The zero-order valence-corrected chi connectivity index (χ0v) is 15.8. The third kappa shape index (κ3) is 8.98. The van der Waals surface area contributed by atoms with Crippen molar-refractivity contribution in [2.75, 3.05) is 19.6 Å². The van der Waals surface area contributed by atoms with E-state index in [2.05, 4.69) is 41.7 Å². The lowest BCUT2D eigenvalue weighted by atomic mass is 10.0. The van der Waals surface area contributed by atoms with E-state index in [4.69, 9.17) is 0 Å². The number of rotatable bonds is 9. The summed E-state index contributed by atoms with van der Waals surface area (Å²) in [5.41, 5.74) is 0.522. The van der Waals surface area contributed by atoms with E-state index in [1.807, 2.05) is 6.92 Å². The molecule has 0 aliphatic carbocycles. The fourth-order valence-electron chi connectivity index (χ4n) is 2.26. The Morgan fingerprint density at radius 2 is 1.80 bits per heavy atom.